The van der Waals surface area contributed by atoms with Crippen molar-refractivity contribution in [2.45, 2.75) is 14.1 Å². The zero-order chi connectivity index (χ0) is 27.1. The van der Waals surface area contributed by atoms with Crippen molar-refractivity contribution in [3.63, 3.8) is 0 Å². The number of para-hydroxylation sites is 1. The van der Waals surface area contributed by atoms with E-state index in [1.165, 1.54) is 26.4 Å². The van der Waals surface area contributed by atoms with E-state index < -0.39 is 43.6 Å². The van der Waals surface area contributed by atoms with Gasteiger partial charge in [-0.3, -0.25) is 14.4 Å². The number of rotatable bonds is 5. The Morgan fingerprint density at radius 3 is 2.00 bits per heavy atom. The number of ether oxygens (including phenoxy) is 2. The molecule has 2 bridgehead atoms. The quantitative estimate of drug-likeness (QED) is 0.330. The largest absolute Gasteiger partial charge is 0.497 e. The number of carbonyl (C=O) groups excluding carboxylic acids is 3. The molecule has 2 aromatic carbocycles. The van der Waals surface area contributed by atoms with Gasteiger partial charge in [0.1, 0.15) is 21.2 Å². The standard InChI is InChI=1S/C24H16Cl6N2O5/c1-36-10-7-8-12(14(9-10)37-2)31-19(33)11-5-3-4-6-13(11)32-20(34)15-16(21(32)35)23(28)18(26)17(25)22(15,27)24(23,29)30/h3-9,15-16H,1-2H3,(H,31,33)/t15-,16-,22+,23+/m0/s1. The average Bonchev–Trinajstić information content (AvgIpc) is 3.27. The molecule has 1 saturated heterocycles. The van der Waals surface area contributed by atoms with E-state index in [4.69, 9.17) is 79.1 Å². The molecule has 1 heterocycles. The maximum Gasteiger partial charge on any atom is 0.257 e. The highest BCUT2D eigenvalue weighted by Gasteiger charge is 2.87. The first-order valence-electron chi connectivity index (χ1n) is 10.7. The number of amides is 3. The van der Waals surface area contributed by atoms with Gasteiger partial charge in [-0.2, -0.15) is 0 Å². The Balaban J connectivity index is 1.54. The molecule has 0 unspecified atom stereocenters. The molecule has 0 radical (unpaired) electrons. The monoisotopic (exact) mass is 622 g/mol. The zero-order valence-electron chi connectivity index (χ0n) is 19.0. The number of imide groups is 1. The number of hydrogen-bond acceptors (Lipinski definition) is 5. The van der Waals surface area contributed by atoms with Gasteiger partial charge in [-0.1, -0.05) is 58.5 Å². The number of allylic oxidation sites excluding steroid dienone is 2. The average molecular weight is 625 g/mol. The van der Waals surface area contributed by atoms with Gasteiger partial charge in [-0.25, -0.2) is 4.90 Å². The van der Waals surface area contributed by atoms with Crippen molar-refractivity contribution in [3.05, 3.63) is 58.1 Å². The topological polar surface area (TPSA) is 84.9 Å². The first kappa shape index (κ1) is 26.7. The fourth-order valence-corrected chi connectivity index (χ4v) is 8.11. The Labute approximate surface area is 241 Å². The first-order valence-corrected chi connectivity index (χ1v) is 13.0. The van der Waals surface area contributed by atoms with Gasteiger partial charge in [0.25, 0.3) is 5.91 Å². The van der Waals surface area contributed by atoms with Gasteiger partial charge in [0.2, 0.25) is 11.8 Å². The van der Waals surface area contributed by atoms with Gasteiger partial charge >= 0.3 is 0 Å². The molecule has 3 aliphatic rings. The van der Waals surface area contributed by atoms with E-state index >= 15 is 0 Å². The zero-order valence-corrected chi connectivity index (χ0v) is 23.5. The van der Waals surface area contributed by atoms with Crippen LogP contribution in [0.15, 0.2) is 52.5 Å². The molecule has 2 aromatic rings. The second kappa shape index (κ2) is 8.83. The molecule has 0 aromatic heterocycles. The number of carbonyl (C=O) groups is 3. The predicted molar refractivity (Wildman–Crippen MR) is 144 cm³/mol. The number of benzene rings is 2. The number of methoxy groups -OCH3 is 2. The summed E-state index contributed by atoms with van der Waals surface area (Å²) in [6, 6.07) is 10.9. The van der Waals surface area contributed by atoms with Crippen molar-refractivity contribution < 1.29 is 23.9 Å². The van der Waals surface area contributed by atoms with E-state index in [-0.39, 0.29) is 21.3 Å². The Morgan fingerprint density at radius 2 is 1.46 bits per heavy atom. The van der Waals surface area contributed by atoms with E-state index in [2.05, 4.69) is 5.32 Å². The summed E-state index contributed by atoms with van der Waals surface area (Å²) in [5.41, 5.74) is 0.377. The molecule has 2 aliphatic carbocycles. The molecule has 1 saturated carbocycles. The number of nitrogens with one attached hydrogen (secondary N) is 1. The Bertz CT molecular complexity index is 1370. The van der Waals surface area contributed by atoms with Crippen molar-refractivity contribution in [3.8, 4) is 11.5 Å². The van der Waals surface area contributed by atoms with Gasteiger partial charge in [0.05, 0.1) is 53.1 Å². The molecule has 3 amide bonds. The number of halogens is 6. The lowest BCUT2D eigenvalue weighted by Crippen LogP contribution is -2.50. The van der Waals surface area contributed by atoms with Gasteiger partial charge in [0.15, 0.2) is 4.33 Å². The van der Waals surface area contributed by atoms with Crippen LogP contribution in [0, 0.1) is 11.8 Å². The summed E-state index contributed by atoms with van der Waals surface area (Å²) >= 11 is 39.4. The van der Waals surface area contributed by atoms with Crippen LogP contribution in [0.5, 0.6) is 11.5 Å². The van der Waals surface area contributed by atoms with Crippen LogP contribution < -0.4 is 19.7 Å². The summed E-state index contributed by atoms with van der Waals surface area (Å²) in [4.78, 5) is 37.8. The van der Waals surface area contributed by atoms with E-state index in [0.29, 0.717) is 17.2 Å². The third-order valence-electron chi connectivity index (χ3n) is 6.96. The van der Waals surface area contributed by atoms with E-state index in [1.807, 2.05) is 0 Å². The molecular weight excluding hydrogens is 609 g/mol. The molecule has 2 fully saturated rings. The van der Waals surface area contributed by atoms with Crippen LogP contribution in [-0.2, 0) is 9.59 Å². The number of alkyl halides is 4. The van der Waals surface area contributed by atoms with Crippen molar-refractivity contribution in [1.29, 1.82) is 0 Å². The predicted octanol–water partition coefficient (Wildman–Crippen LogP) is 5.91. The Kier molecular flexibility index (Phi) is 6.38. The van der Waals surface area contributed by atoms with Gasteiger partial charge < -0.3 is 14.8 Å². The van der Waals surface area contributed by atoms with Gasteiger partial charge in [0, 0.05) is 6.07 Å². The van der Waals surface area contributed by atoms with Crippen molar-refractivity contribution >= 4 is 98.7 Å². The molecular formula is C24H16Cl6N2O5. The fourth-order valence-electron chi connectivity index (χ4n) is 5.18. The third-order valence-corrected chi connectivity index (χ3v) is 11.2. The number of fused-ring (bicyclic) bond motifs is 5. The normalized spacial score (nSPS) is 29.6. The minimum atomic E-state index is -2.05. The highest BCUT2D eigenvalue weighted by molar-refractivity contribution is 6.67. The van der Waals surface area contributed by atoms with Crippen LogP contribution in [0.1, 0.15) is 10.4 Å². The van der Waals surface area contributed by atoms with Crippen LogP contribution in [0.3, 0.4) is 0 Å². The van der Waals surface area contributed by atoms with Crippen molar-refractivity contribution in [2.24, 2.45) is 11.8 Å². The summed E-state index contributed by atoms with van der Waals surface area (Å²) in [5.74, 6) is -3.91. The summed E-state index contributed by atoms with van der Waals surface area (Å²) in [6.45, 7) is 0. The third kappa shape index (κ3) is 3.25. The number of hydrogen-bond donors (Lipinski definition) is 1. The van der Waals surface area contributed by atoms with Crippen LogP contribution in [0.25, 0.3) is 0 Å². The van der Waals surface area contributed by atoms with Crippen LogP contribution in [-0.4, -0.2) is 46.0 Å². The maximum absolute atomic E-state index is 13.7. The summed E-state index contributed by atoms with van der Waals surface area (Å²) < 4.78 is 8.46. The first-order chi connectivity index (χ1) is 17.4. The van der Waals surface area contributed by atoms with E-state index in [1.54, 1.807) is 30.3 Å². The van der Waals surface area contributed by atoms with Crippen molar-refractivity contribution in [2.75, 3.05) is 24.4 Å². The van der Waals surface area contributed by atoms with E-state index in [0.717, 1.165) is 4.90 Å². The number of nitrogens with zero attached hydrogens (tertiary/aromatic N) is 1. The lowest BCUT2D eigenvalue weighted by Gasteiger charge is -2.34. The second-order valence-corrected chi connectivity index (χ2v) is 11.9. The highest BCUT2D eigenvalue weighted by Crippen LogP contribution is 2.77. The smallest absolute Gasteiger partial charge is 0.257 e. The SMILES string of the molecule is COc1ccc(NC(=O)c2ccccc2N2C(=O)[C@@H]3[C@@H](C2=O)[C@@]2(Cl)C(Cl)=C(Cl)[C@@]3(Cl)C2(Cl)Cl)c(OC)c1. The maximum atomic E-state index is 13.7. The van der Waals surface area contributed by atoms with Crippen LogP contribution in [0.2, 0.25) is 0 Å². The van der Waals surface area contributed by atoms with Gasteiger partial charge in [-0.05, 0) is 24.3 Å². The van der Waals surface area contributed by atoms with Crippen LogP contribution >= 0.6 is 69.6 Å². The lowest BCUT2D eigenvalue weighted by molar-refractivity contribution is -0.123. The molecule has 0 spiro atoms. The van der Waals surface area contributed by atoms with E-state index in [9.17, 15) is 14.4 Å². The molecule has 1 N–H and O–H groups in total. The molecule has 37 heavy (non-hydrogen) atoms. The molecule has 5 rings (SSSR count). The lowest BCUT2D eigenvalue weighted by atomic mass is 9.84. The molecule has 1 aliphatic heterocycles. The molecule has 13 heteroatoms. The van der Waals surface area contributed by atoms with Crippen molar-refractivity contribution in [1.82, 2.24) is 0 Å². The summed E-state index contributed by atoms with van der Waals surface area (Å²) in [5, 5.41) is 2.34. The minimum Gasteiger partial charge on any atom is -0.497 e. The minimum absolute atomic E-state index is 0.0128. The molecule has 4 atom stereocenters. The summed E-state index contributed by atoms with van der Waals surface area (Å²) in [6.07, 6.45) is 0. The molecule has 7 nitrogen and oxygen atoms in total. The second-order valence-electron chi connectivity index (χ2n) is 8.63. The summed E-state index contributed by atoms with van der Waals surface area (Å²) in [7, 11) is 2.94. The Morgan fingerprint density at radius 1 is 0.892 bits per heavy atom. The van der Waals surface area contributed by atoms with Gasteiger partial charge in [-0.15, -0.1) is 23.2 Å². The highest BCUT2D eigenvalue weighted by atomic mass is 35.5. The van der Waals surface area contributed by atoms with Crippen LogP contribution in [0.4, 0.5) is 11.4 Å². The molecule has 194 valence electrons. The number of anilines is 2. The fraction of sp³-hybridized carbons (Fsp3) is 0.292. The Hall–Kier alpha value is -1.87.